The molecule has 15 nitrogen and oxygen atoms in total. The molecule has 4 saturated heterocycles. The summed E-state index contributed by atoms with van der Waals surface area (Å²) >= 11 is 0. The van der Waals surface area contributed by atoms with Crippen molar-refractivity contribution in [2.24, 2.45) is 23.7 Å². The number of halogens is 1. The first kappa shape index (κ1) is 74.9. The Balaban J connectivity index is 0.000000204. The summed E-state index contributed by atoms with van der Waals surface area (Å²) < 4.78 is 129. The van der Waals surface area contributed by atoms with E-state index in [2.05, 4.69) is 54.7 Å². The second kappa shape index (κ2) is 33.6. The van der Waals surface area contributed by atoms with E-state index in [0.717, 1.165) is 92.4 Å². The minimum atomic E-state index is -3.42. The molecule has 4 aliphatic heterocycles. The van der Waals surface area contributed by atoms with Crippen LogP contribution >= 0.6 is 12.4 Å². The van der Waals surface area contributed by atoms with E-state index in [4.69, 9.17) is 0 Å². The van der Waals surface area contributed by atoms with Crippen LogP contribution in [0.3, 0.4) is 0 Å². The fourth-order valence-electron chi connectivity index (χ4n) is 10.7. The van der Waals surface area contributed by atoms with Crippen LogP contribution in [0.25, 0.3) is 0 Å². The standard InChI is InChI=1S/C19H24N2O2S.C14H21NO2S.C12H16O2S.2C11H15NO2S.CH4.ClH/c1-16-7-9-19(10-8-16)24(22,23)20-18-11-13-21(14-12-18)15-17-5-3-2-4-6-17;1-3-13-8-10-15(11-9-13)18(16,17)14-6-4-12(2)5-7-14;1-10-5-7-12(8-6-10)15(13,14)9-11-3-2-4-11;2*1-9-3-5-11(6-4-9)15(13,14)12-7-10(2)8-12;;/h2-10,18,20H,11-15H2,1H3;4-7,13H,3,8-11H2,1-2H3;5-8,11H,2-4,9H2,1H3;2*3-6,10H,7-8H2,1-2H3;1H4;1H. The molecule has 0 radical (unpaired) electrons. The smallest absolute Gasteiger partial charge is 0.243 e. The van der Waals surface area contributed by atoms with Crippen molar-refractivity contribution >= 4 is 62.3 Å². The molecule has 89 heavy (non-hydrogen) atoms. The average molecular weight is 1340 g/mol. The number of hydrogen-bond acceptors (Lipinski definition) is 11. The zero-order valence-corrected chi connectivity index (χ0v) is 57.3. The summed E-state index contributed by atoms with van der Waals surface area (Å²) in [5.41, 5.74) is 6.69. The lowest BCUT2D eigenvalue weighted by atomic mass is 9.87. The minimum absolute atomic E-state index is 0. The Morgan fingerprint density at radius 1 is 0.416 bits per heavy atom. The van der Waals surface area contributed by atoms with Gasteiger partial charge in [-0.1, -0.05) is 160 Å². The third kappa shape index (κ3) is 21.6. The SMILES string of the molecule is C.CCC1CCN(S(=O)(=O)c2ccc(C)cc2)CC1.Cc1ccc(S(=O)(=O)CC2CCC2)cc1.Cc1ccc(S(=O)(=O)N2CC(C)C2)cc1.Cc1ccc(S(=O)(=O)N2CC(C)C2)cc1.Cc1ccc(S(=O)(=O)NC2CCN(Cc3ccccc3)CC2)cc1.Cl. The monoisotopic (exact) mass is 1340 g/mol. The molecule has 1 aliphatic carbocycles. The van der Waals surface area contributed by atoms with Gasteiger partial charge in [-0.25, -0.2) is 46.8 Å². The number of piperidine rings is 2. The van der Waals surface area contributed by atoms with Gasteiger partial charge in [-0.2, -0.15) is 12.9 Å². The summed E-state index contributed by atoms with van der Waals surface area (Å²) in [6.45, 7) is 22.7. The van der Waals surface area contributed by atoms with E-state index < -0.39 is 49.9 Å². The van der Waals surface area contributed by atoms with Gasteiger partial charge in [0, 0.05) is 64.9 Å². The highest BCUT2D eigenvalue weighted by molar-refractivity contribution is 7.91. The molecular weight excluding hydrogens is 1240 g/mol. The van der Waals surface area contributed by atoms with Gasteiger partial charge in [0.05, 0.1) is 30.2 Å². The number of benzene rings is 6. The lowest BCUT2D eigenvalue weighted by Crippen LogP contribution is -2.48. The normalized spacial score (nSPS) is 17.7. The van der Waals surface area contributed by atoms with E-state index in [-0.39, 0.29) is 25.9 Å². The van der Waals surface area contributed by atoms with Crippen LogP contribution in [0.2, 0.25) is 0 Å². The van der Waals surface area contributed by atoms with Gasteiger partial charge in [-0.3, -0.25) is 4.90 Å². The quantitative estimate of drug-likeness (QED) is 0.103. The molecule has 21 heteroatoms. The fraction of sp³-hybridized carbons (Fsp3) is 0.471. The van der Waals surface area contributed by atoms with E-state index >= 15 is 0 Å². The van der Waals surface area contributed by atoms with Gasteiger partial charge in [0.15, 0.2) is 9.84 Å². The molecule has 490 valence electrons. The molecule has 0 amide bonds. The molecule has 6 aromatic rings. The van der Waals surface area contributed by atoms with Crippen LogP contribution in [0.15, 0.2) is 176 Å². The average Bonchev–Trinajstić information content (AvgIpc) is 0.974. The van der Waals surface area contributed by atoms with Crippen molar-refractivity contribution in [3.05, 3.63) is 185 Å². The zero-order valence-electron chi connectivity index (χ0n) is 52.4. The van der Waals surface area contributed by atoms with Crippen LogP contribution in [-0.2, 0) is 56.5 Å². The molecule has 0 spiro atoms. The summed E-state index contributed by atoms with van der Waals surface area (Å²) in [4.78, 5) is 4.43. The van der Waals surface area contributed by atoms with Gasteiger partial charge in [-0.15, -0.1) is 12.4 Å². The Labute approximate surface area is 541 Å². The molecule has 11 rings (SSSR count). The summed E-state index contributed by atoms with van der Waals surface area (Å²) in [5.74, 6) is 2.40. The van der Waals surface area contributed by atoms with Crippen LogP contribution in [-0.4, -0.2) is 124 Å². The minimum Gasteiger partial charge on any atom is -0.299 e. The number of aryl methyl sites for hydroxylation is 5. The molecule has 6 aromatic carbocycles. The summed E-state index contributed by atoms with van der Waals surface area (Å²) in [6, 6.07) is 45.7. The van der Waals surface area contributed by atoms with E-state index in [1.54, 1.807) is 65.0 Å². The molecule has 0 bridgehead atoms. The number of nitrogens with one attached hydrogen (secondary N) is 1. The predicted molar refractivity (Wildman–Crippen MR) is 362 cm³/mol. The number of hydrogen-bond donors (Lipinski definition) is 1. The van der Waals surface area contributed by atoms with Gasteiger partial charge >= 0.3 is 0 Å². The topological polar surface area (TPSA) is 196 Å². The van der Waals surface area contributed by atoms with Crippen molar-refractivity contribution in [3.63, 3.8) is 0 Å². The largest absolute Gasteiger partial charge is 0.299 e. The van der Waals surface area contributed by atoms with Crippen LogP contribution in [0.4, 0.5) is 0 Å². The molecule has 4 heterocycles. The van der Waals surface area contributed by atoms with Crippen LogP contribution in [0, 0.1) is 58.3 Å². The van der Waals surface area contributed by atoms with Crippen molar-refractivity contribution in [2.45, 2.75) is 151 Å². The Bertz CT molecular complexity index is 3610. The van der Waals surface area contributed by atoms with Crippen LogP contribution < -0.4 is 4.72 Å². The molecule has 1 saturated carbocycles. The number of rotatable bonds is 15. The van der Waals surface area contributed by atoms with Crippen molar-refractivity contribution in [1.29, 1.82) is 0 Å². The van der Waals surface area contributed by atoms with Crippen LogP contribution in [0.5, 0.6) is 0 Å². The van der Waals surface area contributed by atoms with E-state index in [1.807, 2.05) is 101 Å². The highest BCUT2D eigenvalue weighted by Gasteiger charge is 2.36. The summed E-state index contributed by atoms with van der Waals surface area (Å²) in [5, 5.41) is 0. The van der Waals surface area contributed by atoms with Gasteiger partial charge in [0.1, 0.15) is 0 Å². The summed E-state index contributed by atoms with van der Waals surface area (Å²) in [7, 11) is -16.2. The van der Waals surface area contributed by atoms with Gasteiger partial charge in [0.2, 0.25) is 40.1 Å². The first-order valence-corrected chi connectivity index (χ1v) is 38.0. The van der Waals surface area contributed by atoms with Crippen molar-refractivity contribution < 1.29 is 42.1 Å². The maximum Gasteiger partial charge on any atom is 0.243 e. The molecular formula is C68H96ClN5O10S5. The number of sulfone groups is 1. The first-order valence-electron chi connectivity index (χ1n) is 30.5. The van der Waals surface area contributed by atoms with Gasteiger partial charge in [0.25, 0.3) is 0 Å². The number of likely N-dealkylation sites (tertiary alicyclic amines) is 1. The molecule has 5 aliphatic rings. The molecule has 1 N–H and O–H groups in total. The third-order valence-electron chi connectivity index (χ3n) is 16.7. The first-order chi connectivity index (χ1) is 41.1. The molecule has 0 atom stereocenters. The van der Waals surface area contributed by atoms with Gasteiger partial charge in [-0.05, 0) is 163 Å². The maximum atomic E-state index is 12.5. The highest BCUT2D eigenvalue weighted by atomic mass is 35.5. The lowest BCUT2D eigenvalue weighted by molar-refractivity contribution is 0.200. The molecule has 5 fully saturated rings. The lowest BCUT2D eigenvalue weighted by Gasteiger charge is -2.35. The Hall–Kier alpha value is -4.84. The zero-order chi connectivity index (χ0) is 63.2. The van der Waals surface area contributed by atoms with E-state index in [0.29, 0.717) is 93.2 Å². The number of nitrogens with zero attached hydrogens (tertiary/aromatic N) is 4. The Kier molecular flexibility index (Phi) is 28.3. The van der Waals surface area contributed by atoms with Crippen molar-refractivity contribution in [3.8, 4) is 0 Å². The van der Waals surface area contributed by atoms with Crippen molar-refractivity contribution in [1.82, 2.24) is 22.5 Å². The second-order valence-corrected chi connectivity index (χ2v) is 34.0. The molecule has 0 aromatic heterocycles. The summed E-state index contributed by atoms with van der Waals surface area (Å²) in [6.07, 6.45) is 8.15. The number of sulfonamides is 4. The fourth-order valence-corrected chi connectivity index (χ4v) is 18.5. The van der Waals surface area contributed by atoms with E-state index in [9.17, 15) is 42.1 Å². The van der Waals surface area contributed by atoms with E-state index in [1.165, 1.54) is 20.6 Å². The third-order valence-corrected chi connectivity index (χ3v) is 25.8. The Morgan fingerprint density at radius 3 is 1.10 bits per heavy atom. The van der Waals surface area contributed by atoms with Crippen LogP contribution in [0.1, 0.15) is 113 Å². The van der Waals surface area contributed by atoms with Gasteiger partial charge < -0.3 is 0 Å². The second-order valence-electron chi connectivity index (χ2n) is 24.4. The van der Waals surface area contributed by atoms with Crippen molar-refractivity contribution in [2.75, 3.05) is 58.1 Å². The Morgan fingerprint density at radius 2 is 0.764 bits per heavy atom. The highest BCUT2D eigenvalue weighted by Crippen LogP contribution is 2.31. The maximum absolute atomic E-state index is 12.5. The molecule has 0 unspecified atom stereocenters. The predicted octanol–water partition coefficient (Wildman–Crippen LogP) is 12.6.